The van der Waals surface area contributed by atoms with Gasteiger partial charge in [0.2, 0.25) is 0 Å². The molecule has 0 saturated carbocycles. The minimum absolute atomic E-state index is 0.0419. The Balaban J connectivity index is 2.38. The van der Waals surface area contributed by atoms with Crippen LogP contribution >= 0.6 is 0 Å². The molecule has 0 aromatic carbocycles. The fourth-order valence-electron chi connectivity index (χ4n) is 2.80. The van der Waals surface area contributed by atoms with Gasteiger partial charge in [0, 0.05) is 11.6 Å². The number of aromatic nitrogens is 1. The van der Waals surface area contributed by atoms with E-state index in [0.29, 0.717) is 5.69 Å². The topological polar surface area (TPSA) is 36.4 Å². The van der Waals surface area contributed by atoms with Crippen molar-refractivity contribution in [2.24, 2.45) is 0 Å². The Morgan fingerprint density at radius 3 is 2.83 bits per heavy atom. The van der Waals surface area contributed by atoms with Gasteiger partial charge in [-0.2, -0.15) is 0 Å². The van der Waals surface area contributed by atoms with Gasteiger partial charge >= 0.3 is 0 Å². The van der Waals surface area contributed by atoms with Crippen LogP contribution in [-0.2, 0) is 6.61 Å². The highest BCUT2D eigenvalue weighted by atomic mass is 19.1. The summed E-state index contributed by atoms with van der Waals surface area (Å²) < 4.78 is 13.4. The normalized spacial score (nSPS) is 21.5. The van der Waals surface area contributed by atoms with Gasteiger partial charge in [-0.1, -0.05) is 0 Å². The summed E-state index contributed by atoms with van der Waals surface area (Å²) in [7, 11) is 0. The molecular weight excluding hydrogens is 231 g/mol. The van der Waals surface area contributed by atoms with E-state index in [1.54, 1.807) is 0 Å². The van der Waals surface area contributed by atoms with Crippen LogP contribution in [0.15, 0.2) is 12.3 Å². The summed E-state index contributed by atoms with van der Waals surface area (Å²) in [6.07, 6.45) is 3.27. The first-order valence-electron chi connectivity index (χ1n) is 6.45. The van der Waals surface area contributed by atoms with Crippen LogP contribution in [-0.4, -0.2) is 27.1 Å². The van der Waals surface area contributed by atoms with E-state index in [0.717, 1.165) is 24.9 Å². The third-order valence-corrected chi connectivity index (χ3v) is 3.59. The second-order valence-corrected chi connectivity index (χ2v) is 5.87. The number of rotatable bonds is 2. The first-order chi connectivity index (χ1) is 8.43. The van der Waals surface area contributed by atoms with Crippen molar-refractivity contribution in [1.82, 2.24) is 9.88 Å². The molecule has 3 nitrogen and oxygen atoms in total. The van der Waals surface area contributed by atoms with E-state index in [1.165, 1.54) is 12.3 Å². The van der Waals surface area contributed by atoms with Gasteiger partial charge < -0.3 is 5.11 Å². The molecule has 1 aromatic heterocycles. The number of hydrogen-bond donors (Lipinski definition) is 1. The maximum absolute atomic E-state index is 13.4. The van der Waals surface area contributed by atoms with E-state index in [-0.39, 0.29) is 24.0 Å². The van der Waals surface area contributed by atoms with Crippen molar-refractivity contribution in [2.75, 3.05) is 6.54 Å². The number of aliphatic hydroxyl groups is 1. The molecule has 1 saturated heterocycles. The van der Waals surface area contributed by atoms with E-state index < -0.39 is 0 Å². The zero-order valence-electron chi connectivity index (χ0n) is 11.3. The summed E-state index contributed by atoms with van der Waals surface area (Å²) in [5, 5.41) is 9.36. The highest BCUT2D eigenvalue weighted by Crippen LogP contribution is 2.38. The fraction of sp³-hybridized carbons (Fsp3) is 0.643. The Hall–Kier alpha value is -1.00. The zero-order chi connectivity index (χ0) is 13.3. The molecule has 0 amide bonds. The molecule has 0 spiro atoms. The van der Waals surface area contributed by atoms with Gasteiger partial charge in [-0.15, -0.1) is 0 Å². The van der Waals surface area contributed by atoms with Crippen LogP contribution in [0, 0.1) is 5.82 Å². The van der Waals surface area contributed by atoms with Crippen LogP contribution in [0.4, 0.5) is 4.39 Å². The van der Waals surface area contributed by atoms with Crippen molar-refractivity contribution < 1.29 is 9.50 Å². The highest BCUT2D eigenvalue weighted by molar-refractivity contribution is 5.25. The third kappa shape index (κ3) is 2.54. The Morgan fingerprint density at radius 2 is 2.22 bits per heavy atom. The molecule has 1 atom stereocenters. The molecule has 1 N–H and O–H groups in total. The number of halogens is 1. The molecule has 4 heteroatoms. The summed E-state index contributed by atoms with van der Waals surface area (Å²) in [4.78, 5) is 6.37. The van der Waals surface area contributed by atoms with E-state index in [2.05, 4.69) is 30.7 Å². The number of nitrogens with zero attached hydrogens (tertiary/aromatic N) is 2. The number of likely N-dealkylation sites (tertiary alicyclic amines) is 1. The Morgan fingerprint density at radius 1 is 1.50 bits per heavy atom. The molecule has 0 aliphatic carbocycles. The van der Waals surface area contributed by atoms with Gasteiger partial charge in [-0.3, -0.25) is 9.88 Å². The summed E-state index contributed by atoms with van der Waals surface area (Å²) in [6, 6.07) is 1.68. The lowest BCUT2D eigenvalue weighted by Crippen LogP contribution is -2.41. The van der Waals surface area contributed by atoms with E-state index in [9.17, 15) is 9.50 Å². The number of pyridine rings is 1. The van der Waals surface area contributed by atoms with Crippen LogP contribution in [0.1, 0.15) is 50.9 Å². The number of hydrogen-bond acceptors (Lipinski definition) is 3. The Labute approximate surface area is 108 Å². The maximum atomic E-state index is 13.4. The first kappa shape index (κ1) is 13.4. The third-order valence-electron chi connectivity index (χ3n) is 3.59. The molecule has 1 aliphatic heterocycles. The van der Waals surface area contributed by atoms with Gasteiger partial charge in [0.1, 0.15) is 5.82 Å². The summed E-state index contributed by atoms with van der Waals surface area (Å²) >= 11 is 0. The predicted molar refractivity (Wildman–Crippen MR) is 68.6 cm³/mol. The molecule has 100 valence electrons. The smallest absolute Gasteiger partial charge is 0.141 e. The minimum Gasteiger partial charge on any atom is -0.390 e. The summed E-state index contributed by atoms with van der Waals surface area (Å²) in [5.41, 5.74) is 1.47. The van der Waals surface area contributed by atoms with Gasteiger partial charge in [-0.25, -0.2) is 4.39 Å². The monoisotopic (exact) mass is 252 g/mol. The second kappa shape index (κ2) is 4.94. The van der Waals surface area contributed by atoms with Crippen molar-refractivity contribution in [3.63, 3.8) is 0 Å². The minimum atomic E-state index is -0.331. The molecule has 2 heterocycles. The molecule has 1 fully saturated rings. The van der Waals surface area contributed by atoms with E-state index in [4.69, 9.17) is 0 Å². The van der Waals surface area contributed by atoms with Crippen LogP contribution in [0.25, 0.3) is 0 Å². The second-order valence-electron chi connectivity index (χ2n) is 5.87. The van der Waals surface area contributed by atoms with Gasteiger partial charge in [0.25, 0.3) is 0 Å². The largest absolute Gasteiger partial charge is 0.390 e. The van der Waals surface area contributed by atoms with Gasteiger partial charge in [0.05, 0.1) is 18.5 Å². The molecule has 1 aliphatic rings. The zero-order valence-corrected chi connectivity index (χ0v) is 11.3. The quantitative estimate of drug-likeness (QED) is 0.879. The van der Waals surface area contributed by atoms with Crippen molar-refractivity contribution in [1.29, 1.82) is 0 Å². The highest BCUT2D eigenvalue weighted by Gasteiger charge is 2.35. The van der Waals surface area contributed by atoms with Crippen LogP contribution in [0.2, 0.25) is 0 Å². The van der Waals surface area contributed by atoms with Crippen molar-refractivity contribution in [3.05, 3.63) is 29.3 Å². The maximum Gasteiger partial charge on any atom is 0.141 e. The molecule has 18 heavy (non-hydrogen) atoms. The molecule has 1 unspecified atom stereocenters. The van der Waals surface area contributed by atoms with E-state index >= 15 is 0 Å². The van der Waals surface area contributed by atoms with Crippen LogP contribution in [0.5, 0.6) is 0 Å². The Bertz CT molecular complexity index is 428. The molecule has 1 aromatic rings. The average molecular weight is 252 g/mol. The van der Waals surface area contributed by atoms with Gasteiger partial charge in [-0.05, 0) is 51.8 Å². The van der Waals surface area contributed by atoms with Crippen LogP contribution in [0.3, 0.4) is 0 Å². The van der Waals surface area contributed by atoms with Gasteiger partial charge in [0.15, 0.2) is 0 Å². The van der Waals surface area contributed by atoms with E-state index in [1.807, 2.05) is 0 Å². The summed E-state index contributed by atoms with van der Waals surface area (Å²) in [5.74, 6) is -0.331. The average Bonchev–Trinajstić information content (AvgIpc) is 2.77. The lowest BCUT2D eigenvalue weighted by Gasteiger charge is -2.37. The molecule has 0 bridgehead atoms. The molecule has 2 rings (SSSR count). The standard InChI is InChI=1S/C14H21FN2O/c1-14(2,3)17-6-4-5-13(17)11-7-10(15)8-16-12(11)9-18/h7-8,13,18H,4-6,9H2,1-3H3. The first-order valence-corrected chi connectivity index (χ1v) is 6.45. The Kier molecular flexibility index (Phi) is 3.69. The lowest BCUT2D eigenvalue weighted by atomic mass is 9.98. The number of aliphatic hydroxyl groups excluding tert-OH is 1. The SMILES string of the molecule is CC(C)(C)N1CCCC1c1cc(F)cnc1CO. The lowest BCUT2D eigenvalue weighted by molar-refractivity contribution is 0.119. The fourth-order valence-corrected chi connectivity index (χ4v) is 2.80. The van der Waals surface area contributed by atoms with Crippen LogP contribution < -0.4 is 0 Å². The predicted octanol–water partition coefficient (Wildman–Crippen LogP) is 2.65. The van der Waals surface area contributed by atoms with Crippen molar-refractivity contribution in [2.45, 2.75) is 51.8 Å². The van der Waals surface area contributed by atoms with Crippen molar-refractivity contribution >= 4 is 0 Å². The van der Waals surface area contributed by atoms with Crippen molar-refractivity contribution in [3.8, 4) is 0 Å². The summed E-state index contributed by atoms with van der Waals surface area (Å²) in [6.45, 7) is 7.36. The molecule has 0 radical (unpaired) electrons. The molecular formula is C14H21FN2O.